The van der Waals surface area contributed by atoms with E-state index in [2.05, 4.69) is 22.3 Å². The minimum atomic E-state index is -0.147. The maximum Gasteiger partial charge on any atom is 0.265 e. The van der Waals surface area contributed by atoms with E-state index in [1.807, 2.05) is 30.6 Å². The number of anilines is 2. The van der Waals surface area contributed by atoms with Gasteiger partial charge in [0.15, 0.2) is 0 Å². The van der Waals surface area contributed by atoms with E-state index in [0.29, 0.717) is 22.7 Å². The molecule has 2 heterocycles. The molecule has 0 spiro atoms. The Kier molecular flexibility index (Phi) is 6.64. The molecule has 1 saturated heterocycles. The first-order valence-corrected chi connectivity index (χ1v) is 11.1. The standard InChI is InChI=1S/C24H25N3O3S/c1-26(17-19-5-2-3-6-21(19)27-12-14-30-15-13-27)24(29)18-8-10-20(11-9-18)25-23(28)22-7-4-16-31-22/h2-11,16H,12-15,17H2,1H3,(H,25,28). The van der Waals surface area contributed by atoms with Crippen molar-refractivity contribution in [2.24, 2.45) is 0 Å². The molecule has 1 fully saturated rings. The summed E-state index contributed by atoms with van der Waals surface area (Å²) in [5, 5.41) is 4.72. The molecule has 160 valence electrons. The number of carbonyl (C=O) groups excluding carboxylic acids is 2. The monoisotopic (exact) mass is 435 g/mol. The van der Waals surface area contributed by atoms with Crippen LogP contribution in [0, 0.1) is 0 Å². The second kappa shape index (κ2) is 9.76. The topological polar surface area (TPSA) is 61.9 Å². The third-order valence-electron chi connectivity index (χ3n) is 5.23. The fourth-order valence-corrected chi connectivity index (χ4v) is 4.22. The van der Waals surface area contributed by atoms with E-state index in [1.54, 1.807) is 35.2 Å². The zero-order valence-corrected chi connectivity index (χ0v) is 18.2. The van der Waals surface area contributed by atoms with Gasteiger partial charge in [-0.2, -0.15) is 0 Å². The van der Waals surface area contributed by atoms with Gasteiger partial charge in [0.25, 0.3) is 11.8 Å². The largest absolute Gasteiger partial charge is 0.378 e. The Labute approximate surface area is 186 Å². The Morgan fingerprint density at radius 3 is 2.48 bits per heavy atom. The van der Waals surface area contributed by atoms with Crippen LogP contribution in [-0.4, -0.2) is 50.1 Å². The highest BCUT2D eigenvalue weighted by atomic mass is 32.1. The molecule has 0 unspecified atom stereocenters. The van der Waals surface area contributed by atoms with Crippen LogP contribution in [0.15, 0.2) is 66.0 Å². The molecule has 3 aromatic rings. The fourth-order valence-electron chi connectivity index (χ4n) is 3.60. The quantitative estimate of drug-likeness (QED) is 0.633. The van der Waals surface area contributed by atoms with E-state index in [-0.39, 0.29) is 11.8 Å². The first kappa shape index (κ1) is 21.1. The van der Waals surface area contributed by atoms with Gasteiger partial charge in [0.2, 0.25) is 0 Å². The van der Waals surface area contributed by atoms with Crippen LogP contribution in [0.25, 0.3) is 0 Å². The van der Waals surface area contributed by atoms with E-state index in [4.69, 9.17) is 4.74 Å². The molecule has 0 atom stereocenters. The number of thiophene rings is 1. The minimum absolute atomic E-state index is 0.0621. The average Bonchev–Trinajstić information content (AvgIpc) is 3.35. The van der Waals surface area contributed by atoms with Gasteiger partial charge in [-0.25, -0.2) is 0 Å². The van der Waals surface area contributed by atoms with Crippen LogP contribution in [0.2, 0.25) is 0 Å². The zero-order valence-electron chi connectivity index (χ0n) is 17.4. The molecule has 31 heavy (non-hydrogen) atoms. The van der Waals surface area contributed by atoms with Crippen LogP contribution < -0.4 is 10.2 Å². The van der Waals surface area contributed by atoms with Crippen LogP contribution >= 0.6 is 11.3 Å². The molecule has 0 saturated carbocycles. The number of morpholine rings is 1. The molecule has 0 aliphatic carbocycles. The lowest BCUT2D eigenvalue weighted by molar-refractivity contribution is 0.0784. The first-order valence-electron chi connectivity index (χ1n) is 10.2. The summed E-state index contributed by atoms with van der Waals surface area (Å²) < 4.78 is 5.46. The lowest BCUT2D eigenvalue weighted by Gasteiger charge is -2.31. The third-order valence-corrected chi connectivity index (χ3v) is 6.10. The summed E-state index contributed by atoms with van der Waals surface area (Å²) in [5.74, 6) is -0.209. The molecule has 4 rings (SSSR count). The molecule has 0 radical (unpaired) electrons. The highest BCUT2D eigenvalue weighted by Crippen LogP contribution is 2.23. The average molecular weight is 436 g/mol. The molecule has 1 aromatic heterocycles. The number of para-hydroxylation sites is 1. The maximum absolute atomic E-state index is 13.0. The van der Waals surface area contributed by atoms with E-state index >= 15 is 0 Å². The van der Waals surface area contributed by atoms with Crippen LogP contribution in [0.3, 0.4) is 0 Å². The molecule has 1 N–H and O–H groups in total. The summed E-state index contributed by atoms with van der Waals surface area (Å²) >= 11 is 1.39. The van der Waals surface area contributed by atoms with Crippen molar-refractivity contribution < 1.29 is 14.3 Å². The molecule has 7 heteroatoms. The Balaban J connectivity index is 1.41. The molecular formula is C24H25N3O3S. The van der Waals surface area contributed by atoms with E-state index in [1.165, 1.54) is 11.3 Å². The van der Waals surface area contributed by atoms with Crippen LogP contribution in [0.5, 0.6) is 0 Å². The number of hydrogen-bond donors (Lipinski definition) is 1. The summed E-state index contributed by atoms with van der Waals surface area (Å²) in [5.41, 5.74) is 3.51. The SMILES string of the molecule is CN(Cc1ccccc1N1CCOCC1)C(=O)c1ccc(NC(=O)c2cccs2)cc1. The van der Waals surface area contributed by atoms with Gasteiger partial charge in [0, 0.05) is 43.6 Å². The maximum atomic E-state index is 13.0. The number of carbonyl (C=O) groups is 2. The zero-order chi connectivity index (χ0) is 21.6. The van der Waals surface area contributed by atoms with Crippen molar-refractivity contribution in [1.29, 1.82) is 0 Å². The van der Waals surface area contributed by atoms with Crippen LogP contribution in [0.1, 0.15) is 25.6 Å². The number of amides is 2. The number of rotatable bonds is 6. The molecule has 2 amide bonds. The van der Waals surface area contributed by atoms with Gasteiger partial charge < -0.3 is 19.9 Å². The Morgan fingerprint density at radius 2 is 1.77 bits per heavy atom. The van der Waals surface area contributed by atoms with Gasteiger partial charge in [-0.15, -0.1) is 11.3 Å². The van der Waals surface area contributed by atoms with Crippen LogP contribution in [-0.2, 0) is 11.3 Å². The van der Waals surface area contributed by atoms with Gasteiger partial charge in [0.05, 0.1) is 18.1 Å². The second-order valence-corrected chi connectivity index (χ2v) is 8.35. The number of ether oxygens (including phenoxy) is 1. The van der Waals surface area contributed by atoms with Crippen LogP contribution in [0.4, 0.5) is 11.4 Å². The lowest BCUT2D eigenvalue weighted by atomic mass is 10.1. The molecule has 2 aromatic carbocycles. The van der Waals surface area contributed by atoms with Crippen molar-refractivity contribution >= 4 is 34.5 Å². The highest BCUT2D eigenvalue weighted by Gasteiger charge is 2.18. The molecule has 6 nitrogen and oxygen atoms in total. The Morgan fingerprint density at radius 1 is 1.03 bits per heavy atom. The van der Waals surface area contributed by atoms with Gasteiger partial charge >= 0.3 is 0 Å². The number of hydrogen-bond acceptors (Lipinski definition) is 5. The minimum Gasteiger partial charge on any atom is -0.378 e. The van der Waals surface area contributed by atoms with E-state index < -0.39 is 0 Å². The number of benzene rings is 2. The highest BCUT2D eigenvalue weighted by molar-refractivity contribution is 7.12. The number of nitrogens with one attached hydrogen (secondary N) is 1. The van der Waals surface area contributed by atoms with Crippen molar-refractivity contribution in [2.45, 2.75) is 6.54 Å². The van der Waals surface area contributed by atoms with Crippen molar-refractivity contribution in [1.82, 2.24) is 4.90 Å². The predicted molar refractivity (Wildman–Crippen MR) is 124 cm³/mol. The van der Waals surface area contributed by atoms with Crippen molar-refractivity contribution in [3.05, 3.63) is 82.0 Å². The molecule has 0 bridgehead atoms. The molecule has 1 aliphatic rings. The van der Waals surface area contributed by atoms with Crippen molar-refractivity contribution in [3.63, 3.8) is 0 Å². The van der Waals surface area contributed by atoms with Gasteiger partial charge in [-0.05, 0) is 47.3 Å². The smallest absolute Gasteiger partial charge is 0.265 e. The summed E-state index contributed by atoms with van der Waals surface area (Å²) in [6.07, 6.45) is 0. The number of nitrogens with zero attached hydrogens (tertiary/aromatic N) is 2. The normalized spacial score (nSPS) is 13.6. The van der Waals surface area contributed by atoms with Crippen molar-refractivity contribution in [3.8, 4) is 0 Å². The van der Waals surface area contributed by atoms with Gasteiger partial charge in [-0.1, -0.05) is 24.3 Å². The molecule has 1 aliphatic heterocycles. The molecular weight excluding hydrogens is 410 g/mol. The third kappa shape index (κ3) is 5.13. The van der Waals surface area contributed by atoms with E-state index in [9.17, 15) is 9.59 Å². The lowest BCUT2D eigenvalue weighted by Crippen LogP contribution is -2.37. The Hall–Kier alpha value is -3.16. The van der Waals surface area contributed by atoms with Gasteiger partial charge in [0.1, 0.15) is 0 Å². The summed E-state index contributed by atoms with van der Waals surface area (Å²) in [4.78, 5) is 29.8. The fraction of sp³-hybridized carbons (Fsp3) is 0.250. The second-order valence-electron chi connectivity index (χ2n) is 7.40. The summed E-state index contributed by atoms with van der Waals surface area (Å²) in [7, 11) is 1.81. The first-order chi connectivity index (χ1) is 15.1. The summed E-state index contributed by atoms with van der Waals surface area (Å²) in [6, 6.07) is 18.8. The summed E-state index contributed by atoms with van der Waals surface area (Å²) in [6.45, 7) is 3.67. The predicted octanol–water partition coefficient (Wildman–Crippen LogP) is 4.11. The van der Waals surface area contributed by atoms with E-state index in [0.717, 1.165) is 37.6 Å². The van der Waals surface area contributed by atoms with Crippen molar-refractivity contribution in [2.75, 3.05) is 43.6 Å². The van der Waals surface area contributed by atoms with Gasteiger partial charge in [-0.3, -0.25) is 9.59 Å². The Bertz CT molecular complexity index is 1030.